The Labute approximate surface area is 121 Å². The molecular formula is C13H18BrN5. The molecule has 0 N–H and O–H groups in total. The van der Waals surface area contributed by atoms with Gasteiger partial charge >= 0.3 is 0 Å². The van der Waals surface area contributed by atoms with Crippen LogP contribution in [0.5, 0.6) is 0 Å². The quantitative estimate of drug-likeness (QED) is 0.809. The minimum Gasteiger partial charge on any atom is -0.353 e. The highest BCUT2D eigenvalue weighted by Gasteiger charge is 2.27. The highest BCUT2D eigenvalue weighted by atomic mass is 79.9. The van der Waals surface area contributed by atoms with Crippen LogP contribution in [-0.4, -0.2) is 32.3 Å². The SMILES string of the molecule is CC1CCC(C)N(c2ncnc3c2c(Br)nn3C)C1. The van der Waals surface area contributed by atoms with Gasteiger partial charge in [-0.3, -0.25) is 0 Å². The van der Waals surface area contributed by atoms with Gasteiger partial charge in [-0.1, -0.05) is 6.92 Å². The highest BCUT2D eigenvalue weighted by Crippen LogP contribution is 2.33. The van der Waals surface area contributed by atoms with Crippen molar-refractivity contribution in [1.82, 2.24) is 19.7 Å². The van der Waals surface area contributed by atoms with Gasteiger partial charge < -0.3 is 4.90 Å². The molecule has 1 aliphatic heterocycles. The number of nitrogens with zero attached hydrogens (tertiary/aromatic N) is 5. The summed E-state index contributed by atoms with van der Waals surface area (Å²) in [6.07, 6.45) is 4.14. The number of anilines is 1. The fourth-order valence-corrected chi connectivity index (χ4v) is 3.42. The van der Waals surface area contributed by atoms with Crippen LogP contribution in [0.2, 0.25) is 0 Å². The summed E-state index contributed by atoms with van der Waals surface area (Å²) >= 11 is 3.53. The summed E-state index contributed by atoms with van der Waals surface area (Å²) in [6, 6.07) is 0.515. The van der Waals surface area contributed by atoms with E-state index < -0.39 is 0 Å². The van der Waals surface area contributed by atoms with Crippen molar-refractivity contribution in [2.75, 3.05) is 11.4 Å². The van der Waals surface area contributed by atoms with Gasteiger partial charge in [-0.2, -0.15) is 5.10 Å². The van der Waals surface area contributed by atoms with Crippen LogP contribution >= 0.6 is 15.9 Å². The molecule has 102 valence electrons. The third kappa shape index (κ3) is 2.12. The molecule has 2 atom stereocenters. The Balaban J connectivity index is 2.14. The summed E-state index contributed by atoms with van der Waals surface area (Å²) in [6.45, 7) is 5.62. The van der Waals surface area contributed by atoms with Crippen LogP contribution in [0.3, 0.4) is 0 Å². The number of piperidine rings is 1. The summed E-state index contributed by atoms with van der Waals surface area (Å²) in [4.78, 5) is 11.2. The second-order valence-corrected chi connectivity index (χ2v) is 6.25. The maximum Gasteiger partial charge on any atom is 0.164 e. The topological polar surface area (TPSA) is 46.8 Å². The first-order chi connectivity index (χ1) is 9.08. The fourth-order valence-electron chi connectivity index (χ4n) is 2.83. The summed E-state index contributed by atoms with van der Waals surface area (Å²) in [5.74, 6) is 1.71. The molecule has 1 fully saturated rings. The molecule has 5 nitrogen and oxygen atoms in total. The molecule has 3 rings (SSSR count). The van der Waals surface area contributed by atoms with Gasteiger partial charge in [0.25, 0.3) is 0 Å². The van der Waals surface area contributed by atoms with Crippen LogP contribution < -0.4 is 4.90 Å². The molecule has 2 aromatic rings. The fraction of sp³-hybridized carbons (Fsp3) is 0.615. The normalized spacial score (nSPS) is 24.1. The lowest BCUT2D eigenvalue weighted by Gasteiger charge is -2.37. The van der Waals surface area contributed by atoms with E-state index in [-0.39, 0.29) is 0 Å². The molecule has 0 bridgehead atoms. The van der Waals surface area contributed by atoms with E-state index in [1.54, 1.807) is 11.0 Å². The molecule has 3 heterocycles. The van der Waals surface area contributed by atoms with Crippen molar-refractivity contribution >= 4 is 32.8 Å². The van der Waals surface area contributed by atoms with Crippen molar-refractivity contribution in [3.63, 3.8) is 0 Å². The summed E-state index contributed by atoms with van der Waals surface area (Å²) in [7, 11) is 1.91. The molecule has 2 unspecified atom stereocenters. The second kappa shape index (κ2) is 4.74. The lowest BCUT2D eigenvalue weighted by atomic mass is 9.95. The molecule has 0 radical (unpaired) electrons. The Morgan fingerprint density at radius 1 is 1.26 bits per heavy atom. The Hall–Kier alpha value is -1.17. The van der Waals surface area contributed by atoms with E-state index in [1.165, 1.54) is 12.8 Å². The average Bonchev–Trinajstić information content (AvgIpc) is 2.68. The Morgan fingerprint density at radius 2 is 2.05 bits per heavy atom. The lowest BCUT2D eigenvalue weighted by molar-refractivity contribution is 0.389. The zero-order chi connectivity index (χ0) is 13.6. The standard InChI is InChI=1S/C13H18BrN5/c1-8-4-5-9(2)19(6-8)13-10-11(14)17-18(3)12(10)15-7-16-13/h7-9H,4-6H2,1-3H3. The molecule has 0 saturated carbocycles. The number of aromatic nitrogens is 4. The molecule has 1 aliphatic rings. The van der Waals surface area contributed by atoms with Crippen molar-refractivity contribution in [3.05, 3.63) is 10.9 Å². The third-order valence-corrected chi connectivity index (χ3v) is 4.50. The van der Waals surface area contributed by atoms with E-state index in [2.05, 4.69) is 49.7 Å². The van der Waals surface area contributed by atoms with Gasteiger partial charge in [-0.25, -0.2) is 14.6 Å². The molecule has 1 saturated heterocycles. The van der Waals surface area contributed by atoms with Crippen molar-refractivity contribution in [2.45, 2.75) is 32.7 Å². The Morgan fingerprint density at radius 3 is 2.84 bits per heavy atom. The maximum absolute atomic E-state index is 4.52. The van der Waals surface area contributed by atoms with Gasteiger partial charge in [0, 0.05) is 19.6 Å². The summed E-state index contributed by atoms with van der Waals surface area (Å²) in [5, 5.41) is 5.41. The number of aryl methyl sites for hydroxylation is 1. The number of hydrogen-bond acceptors (Lipinski definition) is 4. The number of hydrogen-bond donors (Lipinski definition) is 0. The van der Waals surface area contributed by atoms with Crippen molar-refractivity contribution in [2.24, 2.45) is 13.0 Å². The molecule has 2 aromatic heterocycles. The average molecular weight is 324 g/mol. The Kier molecular flexibility index (Phi) is 3.20. The first-order valence-electron chi connectivity index (χ1n) is 6.67. The van der Waals surface area contributed by atoms with Gasteiger partial charge in [0.05, 0.1) is 5.39 Å². The second-order valence-electron chi connectivity index (χ2n) is 5.49. The van der Waals surface area contributed by atoms with Crippen molar-refractivity contribution in [1.29, 1.82) is 0 Å². The van der Waals surface area contributed by atoms with Crippen LogP contribution in [-0.2, 0) is 7.05 Å². The zero-order valence-electron chi connectivity index (χ0n) is 11.5. The van der Waals surface area contributed by atoms with Gasteiger partial charge in [-0.15, -0.1) is 0 Å². The van der Waals surface area contributed by atoms with Crippen LogP contribution in [0.15, 0.2) is 10.9 Å². The maximum atomic E-state index is 4.52. The molecule has 6 heteroatoms. The smallest absolute Gasteiger partial charge is 0.164 e. The molecule has 0 aromatic carbocycles. The van der Waals surface area contributed by atoms with Crippen LogP contribution in [0.25, 0.3) is 11.0 Å². The minimum absolute atomic E-state index is 0.515. The number of fused-ring (bicyclic) bond motifs is 1. The molecule has 0 amide bonds. The number of rotatable bonds is 1. The highest BCUT2D eigenvalue weighted by molar-refractivity contribution is 9.10. The largest absolute Gasteiger partial charge is 0.353 e. The molecule has 0 spiro atoms. The zero-order valence-corrected chi connectivity index (χ0v) is 13.1. The van der Waals surface area contributed by atoms with E-state index >= 15 is 0 Å². The van der Waals surface area contributed by atoms with E-state index in [0.717, 1.165) is 28.0 Å². The van der Waals surface area contributed by atoms with E-state index in [0.29, 0.717) is 12.0 Å². The van der Waals surface area contributed by atoms with Gasteiger partial charge in [0.15, 0.2) is 5.65 Å². The van der Waals surface area contributed by atoms with Gasteiger partial charge in [0.1, 0.15) is 16.7 Å². The third-order valence-electron chi connectivity index (χ3n) is 3.95. The van der Waals surface area contributed by atoms with Crippen LogP contribution in [0.1, 0.15) is 26.7 Å². The van der Waals surface area contributed by atoms with E-state index in [9.17, 15) is 0 Å². The van der Waals surface area contributed by atoms with Gasteiger partial charge in [0.2, 0.25) is 0 Å². The van der Waals surface area contributed by atoms with E-state index in [4.69, 9.17) is 0 Å². The first-order valence-corrected chi connectivity index (χ1v) is 7.47. The Bertz CT molecular complexity index is 608. The number of halogens is 1. The van der Waals surface area contributed by atoms with Crippen LogP contribution in [0, 0.1) is 5.92 Å². The lowest BCUT2D eigenvalue weighted by Crippen LogP contribution is -2.41. The predicted octanol–water partition coefficient (Wildman–Crippen LogP) is 2.75. The summed E-state index contributed by atoms with van der Waals surface area (Å²) < 4.78 is 2.62. The van der Waals surface area contributed by atoms with E-state index in [1.807, 2.05) is 7.05 Å². The first kappa shape index (κ1) is 12.8. The van der Waals surface area contributed by atoms with Crippen molar-refractivity contribution in [3.8, 4) is 0 Å². The van der Waals surface area contributed by atoms with Crippen molar-refractivity contribution < 1.29 is 0 Å². The molecular weight excluding hydrogens is 306 g/mol. The summed E-state index contributed by atoms with van der Waals surface area (Å²) in [5.41, 5.74) is 0.877. The predicted molar refractivity (Wildman–Crippen MR) is 79.2 cm³/mol. The van der Waals surface area contributed by atoms with Gasteiger partial charge in [-0.05, 0) is 41.6 Å². The monoisotopic (exact) mass is 323 g/mol. The molecule has 0 aliphatic carbocycles. The minimum atomic E-state index is 0.515. The molecule has 19 heavy (non-hydrogen) atoms. The van der Waals surface area contributed by atoms with Crippen LogP contribution in [0.4, 0.5) is 5.82 Å².